The smallest absolute Gasteiger partial charge is 0.261 e. The molecule has 1 saturated heterocycles. The summed E-state index contributed by atoms with van der Waals surface area (Å²) in [6.45, 7) is 2.77. The molecule has 5 rings (SSSR count). The Labute approximate surface area is 192 Å². The SMILES string of the molecule is O=C(CCn1cnc2ccccc2c1=O)N1CCC(Cn2ccnc2-c2ccccc2)CC1. The predicted octanol–water partition coefficient (Wildman–Crippen LogP) is 3.59. The minimum Gasteiger partial charge on any atom is -0.343 e. The molecule has 7 heteroatoms. The van der Waals surface area contributed by atoms with Crippen molar-refractivity contribution in [2.75, 3.05) is 13.1 Å². The summed E-state index contributed by atoms with van der Waals surface area (Å²) in [5.74, 6) is 1.60. The number of para-hydroxylation sites is 1. The van der Waals surface area contributed by atoms with Crippen LogP contribution < -0.4 is 5.56 Å². The van der Waals surface area contributed by atoms with Gasteiger partial charge in [0.25, 0.3) is 5.56 Å². The van der Waals surface area contributed by atoms with E-state index in [0.29, 0.717) is 29.8 Å². The van der Waals surface area contributed by atoms with Gasteiger partial charge in [0, 0.05) is 50.6 Å². The van der Waals surface area contributed by atoms with Crippen LogP contribution in [0, 0.1) is 5.92 Å². The van der Waals surface area contributed by atoms with E-state index in [1.54, 1.807) is 12.4 Å². The lowest BCUT2D eigenvalue weighted by Crippen LogP contribution is -2.40. The van der Waals surface area contributed by atoms with E-state index in [4.69, 9.17) is 0 Å². The van der Waals surface area contributed by atoms with E-state index in [0.717, 1.165) is 43.9 Å². The molecule has 0 saturated carbocycles. The predicted molar refractivity (Wildman–Crippen MR) is 128 cm³/mol. The molecule has 33 heavy (non-hydrogen) atoms. The number of nitrogens with zero attached hydrogens (tertiary/aromatic N) is 5. The molecule has 168 valence electrons. The van der Waals surface area contributed by atoms with Gasteiger partial charge in [0.2, 0.25) is 5.91 Å². The fourth-order valence-electron chi connectivity index (χ4n) is 4.59. The number of hydrogen-bond donors (Lipinski definition) is 0. The molecule has 7 nitrogen and oxygen atoms in total. The molecule has 0 aliphatic carbocycles. The van der Waals surface area contributed by atoms with Crippen LogP contribution in [0.2, 0.25) is 0 Å². The number of carbonyl (C=O) groups is 1. The summed E-state index contributed by atoms with van der Waals surface area (Å²) < 4.78 is 3.76. The molecule has 1 aliphatic rings. The van der Waals surface area contributed by atoms with Crippen molar-refractivity contribution in [1.29, 1.82) is 0 Å². The number of rotatable bonds is 6. The summed E-state index contributed by atoms with van der Waals surface area (Å²) in [6, 6.07) is 17.5. The third-order valence-electron chi connectivity index (χ3n) is 6.47. The lowest BCUT2D eigenvalue weighted by atomic mass is 9.96. The van der Waals surface area contributed by atoms with E-state index in [1.807, 2.05) is 53.7 Å². The number of likely N-dealkylation sites (tertiary alicyclic amines) is 1. The summed E-state index contributed by atoms with van der Waals surface area (Å²) in [5, 5.41) is 0.586. The van der Waals surface area contributed by atoms with E-state index < -0.39 is 0 Å². The van der Waals surface area contributed by atoms with Crippen molar-refractivity contribution < 1.29 is 4.79 Å². The van der Waals surface area contributed by atoms with Gasteiger partial charge >= 0.3 is 0 Å². The number of aryl methyl sites for hydroxylation is 1. The Balaban J connectivity index is 1.15. The fraction of sp³-hybridized carbons (Fsp3) is 0.308. The highest BCUT2D eigenvalue weighted by molar-refractivity contribution is 5.77. The van der Waals surface area contributed by atoms with Crippen LogP contribution in [0.4, 0.5) is 0 Å². The van der Waals surface area contributed by atoms with E-state index in [9.17, 15) is 9.59 Å². The van der Waals surface area contributed by atoms with E-state index in [1.165, 1.54) is 4.57 Å². The van der Waals surface area contributed by atoms with Gasteiger partial charge in [0.1, 0.15) is 5.82 Å². The Hall–Kier alpha value is -3.74. The van der Waals surface area contributed by atoms with Crippen LogP contribution in [0.1, 0.15) is 19.3 Å². The zero-order valence-corrected chi connectivity index (χ0v) is 18.5. The van der Waals surface area contributed by atoms with Gasteiger partial charge in [-0.15, -0.1) is 0 Å². The average Bonchev–Trinajstić information content (AvgIpc) is 3.33. The molecule has 0 radical (unpaired) electrons. The van der Waals surface area contributed by atoms with Gasteiger partial charge < -0.3 is 9.47 Å². The largest absolute Gasteiger partial charge is 0.343 e. The van der Waals surface area contributed by atoms with Crippen LogP contribution in [0.25, 0.3) is 22.3 Å². The second-order valence-electron chi connectivity index (χ2n) is 8.60. The summed E-state index contributed by atoms with van der Waals surface area (Å²) in [4.78, 5) is 36.2. The van der Waals surface area contributed by atoms with Gasteiger partial charge in [-0.25, -0.2) is 9.97 Å². The lowest BCUT2D eigenvalue weighted by Gasteiger charge is -2.32. The molecule has 4 aromatic rings. The number of amides is 1. The van der Waals surface area contributed by atoms with Crippen molar-refractivity contribution in [3.63, 3.8) is 0 Å². The number of benzene rings is 2. The highest BCUT2D eigenvalue weighted by atomic mass is 16.2. The molecule has 0 atom stereocenters. The highest BCUT2D eigenvalue weighted by Gasteiger charge is 2.23. The minimum atomic E-state index is -0.0957. The fourth-order valence-corrected chi connectivity index (χ4v) is 4.59. The molecule has 0 bridgehead atoms. The van der Waals surface area contributed by atoms with Crippen LogP contribution >= 0.6 is 0 Å². The molecule has 2 aromatic carbocycles. The Morgan fingerprint density at radius 2 is 1.70 bits per heavy atom. The van der Waals surface area contributed by atoms with Crippen LogP contribution in [-0.2, 0) is 17.9 Å². The zero-order chi connectivity index (χ0) is 22.6. The Morgan fingerprint density at radius 3 is 2.52 bits per heavy atom. The molecule has 0 spiro atoms. The number of aromatic nitrogens is 4. The van der Waals surface area contributed by atoms with Crippen molar-refractivity contribution >= 4 is 16.8 Å². The molecule has 1 fully saturated rings. The molecule has 0 N–H and O–H groups in total. The average molecular weight is 442 g/mol. The topological polar surface area (TPSA) is 73.0 Å². The number of carbonyl (C=O) groups excluding carboxylic acids is 1. The monoisotopic (exact) mass is 441 g/mol. The third kappa shape index (κ3) is 4.58. The molecule has 1 amide bonds. The maximum Gasteiger partial charge on any atom is 0.261 e. The van der Waals surface area contributed by atoms with E-state index in [-0.39, 0.29) is 11.5 Å². The molecule has 2 aromatic heterocycles. The quantitative estimate of drug-likeness (QED) is 0.458. The third-order valence-corrected chi connectivity index (χ3v) is 6.47. The number of hydrogen-bond acceptors (Lipinski definition) is 4. The Kier molecular flexibility index (Phi) is 6.02. The Morgan fingerprint density at radius 1 is 0.939 bits per heavy atom. The Bertz CT molecular complexity index is 1300. The molecule has 3 heterocycles. The van der Waals surface area contributed by atoms with Crippen molar-refractivity contribution in [3.8, 4) is 11.4 Å². The van der Waals surface area contributed by atoms with Gasteiger partial charge in [0.15, 0.2) is 0 Å². The summed E-state index contributed by atoms with van der Waals surface area (Å²) in [6.07, 6.45) is 7.68. The van der Waals surface area contributed by atoms with E-state index >= 15 is 0 Å². The first kappa shape index (κ1) is 21.1. The van der Waals surface area contributed by atoms with Crippen molar-refractivity contribution in [2.24, 2.45) is 5.92 Å². The highest BCUT2D eigenvalue weighted by Crippen LogP contribution is 2.23. The number of piperidine rings is 1. The second kappa shape index (κ2) is 9.40. The summed E-state index contributed by atoms with van der Waals surface area (Å²) in [7, 11) is 0. The first-order valence-corrected chi connectivity index (χ1v) is 11.5. The van der Waals surface area contributed by atoms with Crippen molar-refractivity contribution in [3.05, 3.63) is 83.7 Å². The van der Waals surface area contributed by atoms with Crippen molar-refractivity contribution in [1.82, 2.24) is 24.0 Å². The first-order chi connectivity index (χ1) is 16.2. The lowest BCUT2D eigenvalue weighted by molar-refractivity contribution is -0.132. The number of fused-ring (bicyclic) bond motifs is 1. The minimum absolute atomic E-state index is 0.0957. The van der Waals surface area contributed by atoms with Gasteiger partial charge in [-0.1, -0.05) is 42.5 Å². The van der Waals surface area contributed by atoms with Gasteiger partial charge in [-0.3, -0.25) is 14.2 Å². The maximum atomic E-state index is 12.8. The zero-order valence-electron chi connectivity index (χ0n) is 18.5. The molecular formula is C26H27N5O2. The van der Waals surface area contributed by atoms with Gasteiger partial charge in [0.05, 0.1) is 17.2 Å². The van der Waals surface area contributed by atoms with Gasteiger partial charge in [-0.05, 0) is 30.9 Å². The number of imidazole rings is 1. The normalized spacial score (nSPS) is 14.6. The second-order valence-corrected chi connectivity index (χ2v) is 8.60. The van der Waals surface area contributed by atoms with Crippen molar-refractivity contribution in [2.45, 2.75) is 32.4 Å². The van der Waals surface area contributed by atoms with Crippen LogP contribution in [-0.4, -0.2) is 43.0 Å². The molecule has 0 unspecified atom stereocenters. The molecular weight excluding hydrogens is 414 g/mol. The summed E-state index contributed by atoms with van der Waals surface area (Å²) in [5.41, 5.74) is 1.70. The standard InChI is InChI=1S/C26H27N5O2/c32-24(12-16-31-19-28-23-9-5-4-8-22(23)26(31)33)29-14-10-20(11-15-29)18-30-17-13-27-25(30)21-6-2-1-3-7-21/h1-9,13,17,19-20H,10-12,14-16,18H2. The van der Waals surface area contributed by atoms with Gasteiger partial charge in [-0.2, -0.15) is 0 Å². The van der Waals surface area contributed by atoms with Crippen LogP contribution in [0.15, 0.2) is 78.1 Å². The maximum absolute atomic E-state index is 12.8. The summed E-state index contributed by atoms with van der Waals surface area (Å²) >= 11 is 0. The van der Waals surface area contributed by atoms with E-state index in [2.05, 4.69) is 26.7 Å². The van der Waals surface area contributed by atoms with Crippen LogP contribution in [0.3, 0.4) is 0 Å². The first-order valence-electron chi connectivity index (χ1n) is 11.5. The van der Waals surface area contributed by atoms with Crippen LogP contribution in [0.5, 0.6) is 0 Å². The molecule has 1 aliphatic heterocycles.